The molecule has 1 fully saturated rings. The Morgan fingerprint density at radius 1 is 1.13 bits per heavy atom. The van der Waals surface area contributed by atoms with Crippen molar-refractivity contribution in [3.05, 3.63) is 53.5 Å². The molecule has 204 valence electrons. The van der Waals surface area contributed by atoms with E-state index in [-0.39, 0.29) is 18.3 Å². The van der Waals surface area contributed by atoms with Gasteiger partial charge in [-0.05, 0) is 70.9 Å². The number of carbonyl (C=O) groups excluding carboxylic acids is 1. The number of aryl methyl sites for hydroxylation is 2. The van der Waals surface area contributed by atoms with E-state index in [0.29, 0.717) is 17.4 Å². The van der Waals surface area contributed by atoms with E-state index in [4.69, 9.17) is 10.8 Å². The number of amides is 1. The van der Waals surface area contributed by atoms with E-state index in [2.05, 4.69) is 33.3 Å². The van der Waals surface area contributed by atoms with Gasteiger partial charge in [0.2, 0.25) is 0 Å². The van der Waals surface area contributed by atoms with E-state index in [0.717, 1.165) is 66.4 Å². The van der Waals surface area contributed by atoms with Crippen LogP contribution in [0.5, 0.6) is 0 Å². The Labute approximate surface area is 230 Å². The molecule has 0 saturated carbocycles. The average molecular weight is 538 g/mol. The van der Waals surface area contributed by atoms with Crippen LogP contribution in [0.2, 0.25) is 0 Å². The van der Waals surface area contributed by atoms with Crippen LogP contribution in [-0.4, -0.2) is 50.7 Å². The Kier molecular flexibility index (Phi) is 9.41. The van der Waals surface area contributed by atoms with Crippen molar-refractivity contribution in [1.82, 2.24) is 24.6 Å². The third-order valence-corrected chi connectivity index (χ3v) is 7.67. The van der Waals surface area contributed by atoms with Crippen molar-refractivity contribution in [1.29, 1.82) is 0 Å². The van der Waals surface area contributed by atoms with Crippen LogP contribution >= 0.6 is 12.4 Å². The van der Waals surface area contributed by atoms with Gasteiger partial charge in [0.15, 0.2) is 0 Å². The summed E-state index contributed by atoms with van der Waals surface area (Å²) in [5.74, 6) is 0.381. The fourth-order valence-corrected chi connectivity index (χ4v) is 5.55. The number of likely N-dealkylation sites (tertiary alicyclic amines) is 1. The molecule has 4 N–H and O–H groups in total. The molecule has 1 aromatic carbocycles. The molecule has 0 bridgehead atoms. The number of aromatic nitrogens is 4. The third kappa shape index (κ3) is 6.20. The van der Waals surface area contributed by atoms with Crippen LogP contribution in [-0.2, 0) is 6.54 Å². The standard InChI is InChI=1S/C29H39N7O.ClH/c1-20-23-12-11-21(17-27(23)36(34-20)15-8-6-4-3-5-7-13-30)29(37)33-28-18-24-22(19-31-28)16-25(32-24)26-10-9-14-35(26)2;/h11-12,16-19,26,32H,3-10,13-15,30H2,1-2H3,(H,31,33,37);1H. The predicted molar refractivity (Wildman–Crippen MR) is 157 cm³/mol. The van der Waals surface area contributed by atoms with E-state index >= 15 is 0 Å². The SMILES string of the molecule is Cc1nn(CCCCCCCCN)c2cc(C(=O)Nc3cc4[nH]c(C5CCCN5C)cc4cn3)ccc12.Cl. The van der Waals surface area contributed by atoms with Crippen molar-refractivity contribution in [3.63, 3.8) is 0 Å². The molecule has 1 atom stereocenters. The van der Waals surface area contributed by atoms with Crippen LogP contribution in [0, 0.1) is 6.92 Å². The highest BCUT2D eigenvalue weighted by atomic mass is 35.5. The number of hydrogen-bond acceptors (Lipinski definition) is 5. The van der Waals surface area contributed by atoms with Gasteiger partial charge in [0.1, 0.15) is 5.82 Å². The van der Waals surface area contributed by atoms with E-state index in [1.165, 1.54) is 37.8 Å². The summed E-state index contributed by atoms with van der Waals surface area (Å²) in [7, 11) is 2.17. The number of aromatic amines is 1. The number of carbonyl (C=O) groups is 1. The monoisotopic (exact) mass is 537 g/mol. The van der Waals surface area contributed by atoms with Crippen molar-refractivity contribution in [2.45, 2.75) is 70.9 Å². The molecule has 1 unspecified atom stereocenters. The van der Waals surface area contributed by atoms with Crippen molar-refractivity contribution in [2.75, 3.05) is 25.5 Å². The van der Waals surface area contributed by atoms with E-state index in [1.807, 2.05) is 42.1 Å². The largest absolute Gasteiger partial charge is 0.357 e. The van der Waals surface area contributed by atoms with Gasteiger partial charge in [-0.1, -0.05) is 31.7 Å². The first-order chi connectivity index (χ1) is 18.0. The molecule has 1 saturated heterocycles. The summed E-state index contributed by atoms with van der Waals surface area (Å²) in [5, 5.41) is 9.89. The summed E-state index contributed by atoms with van der Waals surface area (Å²) < 4.78 is 2.05. The Bertz CT molecular complexity index is 1380. The fourth-order valence-electron chi connectivity index (χ4n) is 5.55. The fraction of sp³-hybridized carbons (Fsp3) is 0.483. The second-order valence-corrected chi connectivity index (χ2v) is 10.4. The van der Waals surface area contributed by atoms with E-state index < -0.39 is 0 Å². The zero-order valence-electron chi connectivity index (χ0n) is 22.5. The van der Waals surface area contributed by atoms with Gasteiger partial charge >= 0.3 is 0 Å². The molecule has 1 aliphatic rings. The van der Waals surface area contributed by atoms with Crippen LogP contribution < -0.4 is 11.1 Å². The molecule has 3 aromatic heterocycles. The maximum atomic E-state index is 13.1. The Hall–Kier alpha value is -2.94. The number of H-pyrrole nitrogens is 1. The minimum Gasteiger partial charge on any atom is -0.357 e. The first kappa shape index (κ1) is 28.1. The zero-order chi connectivity index (χ0) is 25.8. The van der Waals surface area contributed by atoms with Gasteiger partial charge in [-0.15, -0.1) is 12.4 Å². The molecule has 1 amide bonds. The Morgan fingerprint density at radius 2 is 1.92 bits per heavy atom. The molecule has 4 aromatic rings. The van der Waals surface area contributed by atoms with Crippen LogP contribution in [0.4, 0.5) is 5.82 Å². The topological polar surface area (TPSA) is 105 Å². The number of hydrogen-bond donors (Lipinski definition) is 3. The number of halogens is 1. The maximum absolute atomic E-state index is 13.1. The summed E-state index contributed by atoms with van der Waals surface area (Å²) >= 11 is 0. The molecule has 1 aliphatic heterocycles. The van der Waals surface area contributed by atoms with Crippen molar-refractivity contribution in [2.24, 2.45) is 5.73 Å². The second-order valence-electron chi connectivity index (χ2n) is 10.4. The van der Waals surface area contributed by atoms with Gasteiger partial charge in [0.25, 0.3) is 5.91 Å². The van der Waals surface area contributed by atoms with Gasteiger partial charge in [0.05, 0.1) is 16.7 Å². The maximum Gasteiger partial charge on any atom is 0.256 e. The number of nitrogens with two attached hydrogens (primary N) is 1. The molecular weight excluding hydrogens is 498 g/mol. The number of unbranched alkanes of at least 4 members (excludes halogenated alkanes) is 5. The highest BCUT2D eigenvalue weighted by Crippen LogP contribution is 2.32. The summed E-state index contributed by atoms with van der Waals surface area (Å²) in [6.07, 6.45) is 11.2. The van der Waals surface area contributed by atoms with Crippen LogP contribution in [0.15, 0.2) is 36.5 Å². The van der Waals surface area contributed by atoms with Crippen LogP contribution in [0.1, 0.15) is 79.2 Å². The molecule has 38 heavy (non-hydrogen) atoms. The molecule has 9 heteroatoms. The molecule has 0 aliphatic carbocycles. The Morgan fingerprint density at radius 3 is 2.68 bits per heavy atom. The quantitative estimate of drug-likeness (QED) is 0.205. The van der Waals surface area contributed by atoms with Crippen LogP contribution in [0.25, 0.3) is 21.8 Å². The molecule has 0 spiro atoms. The van der Waals surface area contributed by atoms with Crippen molar-refractivity contribution < 1.29 is 4.79 Å². The molecule has 4 heterocycles. The van der Waals surface area contributed by atoms with Gasteiger partial charge < -0.3 is 16.0 Å². The number of nitrogens with one attached hydrogen (secondary N) is 2. The summed E-state index contributed by atoms with van der Waals surface area (Å²) in [4.78, 5) is 23.6. The summed E-state index contributed by atoms with van der Waals surface area (Å²) in [6, 6.07) is 10.3. The minimum atomic E-state index is -0.165. The van der Waals surface area contributed by atoms with E-state index in [1.54, 1.807) is 0 Å². The lowest BCUT2D eigenvalue weighted by Crippen LogP contribution is -2.17. The summed E-state index contributed by atoms with van der Waals surface area (Å²) in [6.45, 7) is 4.79. The number of pyridine rings is 1. The summed E-state index contributed by atoms with van der Waals surface area (Å²) in [5.41, 5.74) is 10.4. The molecule has 8 nitrogen and oxygen atoms in total. The van der Waals surface area contributed by atoms with Crippen molar-refractivity contribution in [3.8, 4) is 0 Å². The van der Waals surface area contributed by atoms with E-state index in [9.17, 15) is 4.79 Å². The lowest BCUT2D eigenvalue weighted by Gasteiger charge is -2.17. The number of rotatable bonds is 11. The zero-order valence-corrected chi connectivity index (χ0v) is 23.3. The van der Waals surface area contributed by atoms with Crippen molar-refractivity contribution >= 4 is 45.9 Å². The van der Waals surface area contributed by atoms with Crippen LogP contribution in [0.3, 0.4) is 0 Å². The number of benzene rings is 1. The number of anilines is 1. The third-order valence-electron chi connectivity index (χ3n) is 7.67. The molecule has 5 rings (SSSR count). The smallest absolute Gasteiger partial charge is 0.256 e. The van der Waals surface area contributed by atoms with Gasteiger partial charge in [-0.2, -0.15) is 5.10 Å². The second kappa shape index (κ2) is 12.7. The predicted octanol–water partition coefficient (Wildman–Crippen LogP) is 5.96. The average Bonchev–Trinajstić information content (AvgIpc) is 3.59. The lowest BCUT2D eigenvalue weighted by molar-refractivity contribution is 0.102. The Balaban J connectivity index is 0.00000336. The first-order valence-corrected chi connectivity index (χ1v) is 13.7. The number of nitrogens with zero attached hydrogens (tertiary/aromatic N) is 4. The molecular formula is C29H40ClN7O. The first-order valence-electron chi connectivity index (χ1n) is 13.7. The minimum absolute atomic E-state index is 0. The van der Waals surface area contributed by atoms with Gasteiger partial charge in [-0.3, -0.25) is 14.4 Å². The number of fused-ring (bicyclic) bond motifs is 2. The molecule has 0 radical (unpaired) electrons. The highest BCUT2D eigenvalue weighted by Gasteiger charge is 2.24. The normalized spacial score (nSPS) is 15.8. The van der Waals surface area contributed by atoms with Gasteiger partial charge in [0, 0.05) is 46.9 Å². The lowest BCUT2D eigenvalue weighted by atomic mass is 10.1. The highest BCUT2D eigenvalue weighted by molar-refractivity contribution is 6.06. The van der Waals surface area contributed by atoms with Gasteiger partial charge in [-0.25, -0.2) is 4.98 Å².